The summed E-state index contributed by atoms with van der Waals surface area (Å²) in [7, 11) is 0. The number of amides is 1. The van der Waals surface area contributed by atoms with Gasteiger partial charge in [0, 0.05) is 18.2 Å². The van der Waals surface area contributed by atoms with Gasteiger partial charge in [0.05, 0.1) is 31.1 Å². The molecule has 150 valence electrons. The molecule has 2 aliphatic rings. The summed E-state index contributed by atoms with van der Waals surface area (Å²) in [5, 5.41) is 16.4. The number of carbonyl (C=O) groups is 1. The number of nitriles is 1. The molecule has 0 spiro atoms. The monoisotopic (exact) mass is 387 g/mol. The zero-order chi connectivity index (χ0) is 20.0. The Kier molecular flexibility index (Phi) is 6.57. The first-order chi connectivity index (χ1) is 13.5. The lowest BCUT2D eigenvalue weighted by Gasteiger charge is -2.37. The van der Waals surface area contributed by atoms with Crippen LogP contribution in [0.15, 0.2) is 29.6 Å². The quantitative estimate of drug-likeness (QED) is 0.597. The Labute approximate surface area is 164 Å². The molecule has 0 radical (unpaired) electrons. The van der Waals surface area contributed by atoms with Crippen molar-refractivity contribution >= 4 is 12.1 Å². The van der Waals surface area contributed by atoms with Crippen molar-refractivity contribution in [1.82, 2.24) is 15.2 Å². The van der Waals surface area contributed by atoms with E-state index in [0.29, 0.717) is 0 Å². The second kappa shape index (κ2) is 9.11. The van der Waals surface area contributed by atoms with E-state index in [-0.39, 0.29) is 37.1 Å². The third-order valence-corrected chi connectivity index (χ3v) is 5.50. The summed E-state index contributed by atoms with van der Waals surface area (Å²) in [6, 6.07) is 6.95. The minimum absolute atomic E-state index is 0.0135. The van der Waals surface area contributed by atoms with Gasteiger partial charge in [0.15, 0.2) is 0 Å². The van der Waals surface area contributed by atoms with Crippen LogP contribution in [-0.2, 0) is 9.63 Å². The van der Waals surface area contributed by atoms with E-state index in [0.717, 1.165) is 31.4 Å². The Hall–Kier alpha value is -2.53. The standard InChI is InChI=1S/C20H26FN5O2/c1-20(24-13-19(27)26-14-15(21)10-17(26)11-22)7-5-18(6-8-20)28-25-12-16-4-2-3-9-23-16/h2-4,9,12,15,17-18,24H,5-8,10,13-14H2,1H3. The van der Waals surface area contributed by atoms with Crippen LogP contribution < -0.4 is 5.32 Å². The van der Waals surface area contributed by atoms with Gasteiger partial charge in [0.1, 0.15) is 18.3 Å². The molecule has 1 aromatic heterocycles. The van der Waals surface area contributed by atoms with E-state index in [9.17, 15) is 9.18 Å². The largest absolute Gasteiger partial charge is 0.392 e. The van der Waals surface area contributed by atoms with Gasteiger partial charge in [-0.15, -0.1) is 0 Å². The minimum atomic E-state index is -1.11. The van der Waals surface area contributed by atoms with E-state index >= 15 is 0 Å². The summed E-state index contributed by atoms with van der Waals surface area (Å²) in [6.45, 7) is 2.21. The number of hydrogen-bond donors (Lipinski definition) is 1. The van der Waals surface area contributed by atoms with E-state index in [1.54, 1.807) is 12.4 Å². The third kappa shape index (κ3) is 5.26. The Morgan fingerprint density at radius 2 is 2.32 bits per heavy atom. The number of pyridine rings is 1. The summed E-state index contributed by atoms with van der Waals surface area (Å²) in [4.78, 5) is 23.5. The van der Waals surface area contributed by atoms with Crippen LogP contribution >= 0.6 is 0 Å². The number of oxime groups is 1. The molecular weight excluding hydrogens is 361 g/mol. The molecule has 2 unspecified atom stereocenters. The fourth-order valence-electron chi connectivity index (χ4n) is 3.71. The third-order valence-electron chi connectivity index (χ3n) is 5.50. The second-order valence-corrected chi connectivity index (χ2v) is 7.73. The van der Waals surface area contributed by atoms with Crippen LogP contribution in [0.1, 0.15) is 44.7 Å². The van der Waals surface area contributed by atoms with Crippen LogP contribution in [0.5, 0.6) is 0 Å². The van der Waals surface area contributed by atoms with E-state index < -0.39 is 12.2 Å². The van der Waals surface area contributed by atoms with E-state index in [4.69, 9.17) is 10.1 Å². The molecule has 28 heavy (non-hydrogen) atoms. The Balaban J connectivity index is 1.41. The van der Waals surface area contributed by atoms with Crippen LogP contribution in [0.2, 0.25) is 0 Å². The highest BCUT2D eigenvalue weighted by atomic mass is 19.1. The van der Waals surface area contributed by atoms with Crippen molar-refractivity contribution < 1.29 is 14.0 Å². The summed E-state index contributed by atoms with van der Waals surface area (Å²) >= 11 is 0. The van der Waals surface area contributed by atoms with Gasteiger partial charge in [-0.2, -0.15) is 5.26 Å². The van der Waals surface area contributed by atoms with Crippen LogP contribution in [0.25, 0.3) is 0 Å². The number of alkyl halides is 1. The van der Waals surface area contributed by atoms with Crippen molar-refractivity contribution in [2.24, 2.45) is 5.16 Å². The summed E-state index contributed by atoms with van der Waals surface area (Å²) in [5.74, 6) is -0.216. The van der Waals surface area contributed by atoms with Crippen molar-refractivity contribution in [3.05, 3.63) is 30.1 Å². The predicted molar refractivity (Wildman–Crippen MR) is 102 cm³/mol. The first-order valence-electron chi connectivity index (χ1n) is 9.67. The normalized spacial score (nSPS) is 30.3. The first-order valence-corrected chi connectivity index (χ1v) is 9.67. The number of rotatable bonds is 6. The van der Waals surface area contributed by atoms with Crippen LogP contribution in [0.4, 0.5) is 4.39 Å². The van der Waals surface area contributed by atoms with Gasteiger partial charge in [0.2, 0.25) is 5.91 Å². The molecule has 2 heterocycles. The zero-order valence-corrected chi connectivity index (χ0v) is 16.1. The zero-order valence-electron chi connectivity index (χ0n) is 16.1. The number of hydrogen-bond acceptors (Lipinski definition) is 6. The predicted octanol–water partition coefficient (Wildman–Crippen LogP) is 2.19. The number of nitrogens with zero attached hydrogens (tertiary/aromatic N) is 4. The highest BCUT2D eigenvalue weighted by Gasteiger charge is 2.37. The fraction of sp³-hybridized carbons (Fsp3) is 0.600. The van der Waals surface area contributed by atoms with Crippen molar-refractivity contribution in [2.45, 2.75) is 62.9 Å². The molecule has 1 aliphatic carbocycles. The number of nitrogens with one attached hydrogen (secondary N) is 1. The number of halogens is 1. The van der Waals surface area contributed by atoms with Crippen molar-refractivity contribution in [3.63, 3.8) is 0 Å². The second-order valence-electron chi connectivity index (χ2n) is 7.73. The van der Waals surface area contributed by atoms with Gasteiger partial charge in [-0.25, -0.2) is 4.39 Å². The van der Waals surface area contributed by atoms with Gasteiger partial charge in [-0.1, -0.05) is 11.2 Å². The van der Waals surface area contributed by atoms with Crippen molar-refractivity contribution in [3.8, 4) is 6.07 Å². The van der Waals surface area contributed by atoms with Gasteiger partial charge in [0.25, 0.3) is 0 Å². The van der Waals surface area contributed by atoms with Gasteiger partial charge in [-0.05, 0) is 44.7 Å². The van der Waals surface area contributed by atoms with E-state index in [1.807, 2.05) is 24.3 Å². The first kappa shape index (κ1) is 20.2. The Bertz CT molecular complexity index is 728. The molecule has 8 heteroatoms. The van der Waals surface area contributed by atoms with E-state index in [1.165, 1.54) is 4.90 Å². The molecule has 2 atom stereocenters. The fourth-order valence-corrected chi connectivity index (χ4v) is 3.71. The highest BCUT2D eigenvalue weighted by molar-refractivity contribution is 5.79. The maximum atomic E-state index is 13.5. The Morgan fingerprint density at radius 3 is 3.00 bits per heavy atom. The molecule has 3 rings (SSSR count). The molecule has 1 N–H and O–H groups in total. The lowest BCUT2D eigenvalue weighted by molar-refractivity contribution is -0.130. The Morgan fingerprint density at radius 1 is 1.54 bits per heavy atom. The molecule has 2 fully saturated rings. The average Bonchev–Trinajstić information content (AvgIpc) is 3.10. The van der Waals surface area contributed by atoms with Crippen LogP contribution in [0, 0.1) is 11.3 Å². The number of likely N-dealkylation sites (tertiary alicyclic amines) is 1. The SMILES string of the molecule is CC1(NCC(=O)N2CC(F)CC2C#N)CCC(ON=Cc2ccccn2)CC1. The van der Waals surface area contributed by atoms with Crippen molar-refractivity contribution in [2.75, 3.05) is 13.1 Å². The summed E-state index contributed by atoms with van der Waals surface area (Å²) in [5.41, 5.74) is 0.563. The van der Waals surface area contributed by atoms with E-state index in [2.05, 4.69) is 22.4 Å². The molecule has 1 aliphatic heterocycles. The van der Waals surface area contributed by atoms with Crippen LogP contribution in [0.3, 0.4) is 0 Å². The van der Waals surface area contributed by atoms with Crippen LogP contribution in [-0.4, -0.2) is 59.0 Å². The molecule has 0 bridgehead atoms. The molecule has 0 aromatic carbocycles. The number of aromatic nitrogens is 1. The average molecular weight is 387 g/mol. The molecular formula is C20H26FN5O2. The van der Waals surface area contributed by atoms with Gasteiger partial charge in [-0.3, -0.25) is 9.78 Å². The lowest BCUT2D eigenvalue weighted by atomic mass is 9.82. The van der Waals surface area contributed by atoms with Gasteiger partial charge >= 0.3 is 0 Å². The maximum absolute atomic E-state index is 13.5. The lowest BCUT2D eigenvalue weighted by Crippen LogP contribution is -2.51. The molecule has 1 saturated carbocycles. The molecule has 1 aromatic rings. The number of carbonyl (C=O) groups excluding carboxylic acids is 1. The van der Waals surface area contributed by atoms with Crippen molar-refractivity contribution in [1.29, 1.82) is 5.26 Å². The minimum Gasteiger partial charge on any atom is -0.392 e. The summed E-state index contributed by atoms with van der Waals surface area (Å²) in [6.07, 6.45) is 5.69. The topological polar surface area (TPSA) is 90.6 Å². The molecule has 1 amide bonds. The highest BCUT2D eigenvalue weighted by Crippen LogP contribution is 2.30. The smallest absolute Gasteiger partial charge is 0.237 e. The molecule has 7 nitrogen and oxygen atoms in total. The summed E-state index contributed by atoms with van der Waals surface area (Å²) < 4.78 is 13.5. The maximum Gasteiger partial charge on any atom is 0.237 e. The van der Waals surface area contributed by atoms with Gasteiger partial charge < -0.3 is 15.1 Å². The molecule has 1 saturated heterocycles.